The molecule has 2 atom stereocenters. The summed E-state index contributed by atoms with van der Waals surface area (Å²) >= 11 is 0. The van der Waals surface area contributed by atoms with Gasteiger partial charge < -0.3 is 15.2 Å². The molecule has 0 bridgehead atoms. The molecule has 7 nitrogen and oxygen atoms in total. The van der Waals surface area contributed by atoms with Gasteiger partial charge in [0, 0.05) is 19.0 Å². The minimum atomic E-state index is -3.63. The maximum Gasteiger partial charge on any atom is 0.407 e. The molecule has 2 unspecified atom stereocenters. The van der Waals surface area contributed by atoms with Crippen LogP contribution >= 0.6 is 0 Å². The molecular formula is C21H36N2O5S. The Morgan fingerprint density at radius 3 is 2.52 bits per heavy atom. The maximum absolute atomic E-state index is 12.7. The molecule has 0 aliphatic heterocycles. The number of unbranched alkanes of at least 4 members (excludes halogenated alkanes) is 1. The van der Waals surface area contributed by atoms with Crippen molar-refractivity contribution < 1.29 is 23.1 Å². The Morgan fingerprint density at radius 1 is 1.24 bits per heavy atom. The van der Waals surface area contributed by atoms with Gasteiger partial charge in [0.1, 0.15) is 5.60 Å². The Bertz CT molecular complexity index is 744. The number of sulfonamides is 1. The van der Waals surface area contributed by atoms with E-state index in [0.29, 0.717) is 5.56 Å². The number of rotatable bonds is 11. The van der Waals surface area contributed by atoms with Crippen LogP contribution in [0.1, 0.15) is 65.9 Å². The van der Waals surface area contributed by atoms with Crippen molar-refractivity contribution >= 4 is 16.1 Å². The summed E-state index contributed by atoms with van der Waals surface area (Å²) in [6.07, 6.45) is 2.28. The van der Waals surface area contributed by atoms with E-state index in [-0.39, 0.29) is 23.9 Å². The Balaban J connectivity index is 2.70. The number of amides is 1. The van der Waals surface area contributed by atoms with Crippen LogP contribution in [-0.4, -0.2) is 43.9 Å². The molecule has 3 N–H and O–H groups in total. The van der Waals surface area contributed by atoms with Crippen molar-refractivity contribution in [1.82, 2.24) is 10.0 Å². The van der Waals surface area contributed by atoms with Gasteiger partial charge in [-0.1, -0.05) is 38.8 Å². The molecule has 0 aliphatic carbocycles. The van der Waals surface area contributed by atoms with E-state index >= 15 is 0 Å². The van der Waals surface area contributed by atoms with Crippen molar-refractivity contribution in [2.75, 3.05) is 6.54 Å². The van der Waals surface area contributed by atoms with Crippen LogP contribution in [0.25, 0.3) is 0 Å². The van der Waals surface area contributed by atoms with Gasteiger partial charge in [-0.25, -0.2) is 17.9 Å². The summed E-state index contributed by atoms with van der Waals surface area (Å²) in [7, 11) is -3.63. The molecule has 0 radical (unpaired) electrons. The third-order valence-electron chi connectivity index (χ3n) is 4.28. The first-order valence-electron chi connectivity index (χ1n) is 10.2. The second-order valence-corrected chi connectivity index (χ2v) is 9.97. The first-order chi connectivity index (χ1) is 13.5. The molecule has 1 aromatic carbocycles. The Hall–Kier alpha value is -1.64. The lowest BCUT2D eigenvalue weighted by molar-refractivity contribution is 0.0492. The van der Waals surface area contributed by atoms with Gasteiger partial charge in [-0.15, -0.1) is 0 Å². The van der Waals surface area contributed by atoms with Crippen LogP contribution in [0.5, 0.6) is 0 Å². The first-order valence-corrected chi connectivity index (χ1v) is 11.7. The average molecular weight is 429 g/mol. The number of hydrogen-bond acceptors (Lipinski definition) is 5. The second kappa shape index (κ2) is 11.5. The predicted octanol–water partition coefficient (Wildman–Crippen LogP) is 3.36. The van der Waals surface area contributed by atoms with E-state index in [4.69, 9.17) is 4.74 Å². The van der Waals surface area contributed by atoms with Gasteiger partial charge >= 0.3 is 6.09 Å². The van der Waals surface area contributed by atoms with E-state index < -0.39 is 27.8 Å². The monoisotopic (exact) mass is 428 g/mol. The summed E-state index contributed by atoms with van der Waals surface area (Å²) in [6, 6.07) is 6.43. The van der Waals surface area contributed by atoms with Crippen LogP contribution < -0.4 is 10.0 Å². The zero-order chi connectivity index (χ0) is 22.1. The second-order valence-electron chi connectivity index (χ2n) is 8.26. The number of benzene rings is 1. The summed E-state index contributed by atoms with van der Waals surface area (Å²) < 4.78 is 33.3. The van der Waals surface area contributed by atoms with Crippen LogP contribution in [0.4, 0.5) is 4.79 Å². The molecule has 1 aromatic rings. The fraction of sp³-hybridized carbons (Fsp3) is 0.667. The summed E-state index contributed by atoms with van der Waals surface area (Å²) in [4.78, 5) is 11.9. The Morgan fingerprint density at radius 2 is 1.93 bits per heavy atom. The van der Waals surface area contributed by atoms with Gasteiger partial charge in [-0.2, -0.15) is 0 Å². The third-order valence-corrected chi connectivity index (χ3v) is 5.80. The number of carbonyl (C=O) groups is 1. The van der Waals surface area contributed by atoms with Crippen LogP contribution in [-0.2, 0) is 21.2 Å². The number of ether oxygens (including phenoxy) is 1. The highest BCUT2D eigenvalue weighted by Crippen LogP contribution is 2.16. The number of hydrogen-bond donors (Lipinski definition) is 3. The SMILES string of the molecule is CCCCC(CC)NS(=O)(=O)c1cccc(CC(O)CNC(=O)OC(C)(C)C)c1. The number of nitrogens with one attached hydrogen (secondary N) is 2. The van der Waals surface area contributed by atoms with Crippen LogP contribution in [0, 0.1) is 0 Å². The first kappa shape index (κ1) is 25.4. The van der Waals surface area contributed by atoms with Gasteiger partial charge in [0.25, 0.3) is 0 Å². The lowest BCUT2D eigenvalue weighted by Crippen LogP contribution is -2.37. The zero-order valence-corrected chi connectivity index (χ0v) is 19.0. The molecular weight excluding hydrogens is 392 g/mol. The van der Waals surface area contributed by atoms with Gasteiger partial charge in [-0.3, -0.25) is 0 Å². The molecule has 8 heteroatoms. The van der Waals surface area contributed by atoms with Crippen LogP contribution in [0.15, 0.2) is 29.2 Å². The molecule has 0 aliphatic rings. The molecule has 0 heterocycles. The standard InChI is InChI=1S/C21H36N2O5S/c1-6-8-11-17(7-2)23-29(26,27)19-12-9-10-16(14-19)13-18(24)15-22-20(25)28-21(3,4)5/h9-10,12,14,17-18,23-24H,6-8,11,13,15H2,1-5H3,(H,22,25). The van der Waals surface area contributed by atoms with Crippen LogP contribution in [0.3, 0.4) is 0 Å². The molecule has 1 rings (SSSR count). The quantitative estimate of drug-likeness (QED) is 0.501. The van der Waals surface area contributed by atoms with Gasteiger partial charge in [0.2, 0.25) is 10.0 Å². The fourth-order valence-electron chi connectivity index (χ4n) is 2.78. The van der Waals surface area contributed by atoms with Crippen LogP contribution in [0.2, 0.25) is 0 Å². The highest BCUT2D eigenvalue weighted by molar-refractivity contribution is 7.89. The highest BCUT2D eigenvalue weighted by atomic mass is 32.2. The normalized spacial score (nSPS) is 14.3. The Labute approximate surface area is 175 Å². The average Bonchev–Trinajstić information content (AvgIpc) is 2.62. The topological polar surface area (TPSA) is 105 Å². The van der Waals surface area contributed by atoms with E-state index in [9.17, 15) is 18.3 Å². The van der Waals surface area contributed by atoms with E-state index in [0.717, 1.165) is 25.7 Å². The fourth-order valence-corrected chi connectivity index (χ4v) is 4.21. The predicted molar refractivity (Wildman–Crippen MR) is 114 cm³/mol. The van der Waals surface area contributed by atoms with Crippen molar-refractivity contribution in [3.63, 3.8) is 0 Å². The molecule has 0 saturated carbocycles. The van der Waals surface area contributed by atoms with Gasteiger partial charge in [-0.05, 0) is 51.3 Å². The van der Waals surface area contributed by atoms with Crippen molar-refractivity contribution in [3.05, 3.63) is 29.8 Å². The van der Waals surface area contributed by atoms with Gasteiger partial charge in [0.15, 0.2) is 0 Å². The van der Waals surface area contributed by atoms with Crippen molar-refractivity contribution in [3.8, 4) is 0 Å². The van der Waals surface area contributed by atoms with Gasteiger partial charge in [0.05, 0.1) is 11.0 Å². The third kappa shape index (κ3) is 10.1. The molecule has 0 saturated heterocycles. The smallest absolute Gasteiger partial charge is 0.407 e. The summed E-state index contributed by atoms with van der Waals surface area (Å²) in [5.41, 5.74) is 0.0612. The highest BCUT2D eigenvalue weighted by Gasteiger charge is 2.20. The lowest BCUT2D eigenvalue weighted by Gasteiger charge is -2.20. The van der Waals surface area contributed by atoms with E-state index in [1.165, 1.54) is 0 Å². The minimum Gasteiger partial charge on any atom is -0.444 e. The minimum absolute atomic E-state index is 0.0130. The molecule has 166 valence electrons. The van der Waals surface area contributed by atoms with E-state index in [1.54, 1.807) is 45.0 Å². The molecule has 1 amide bonds. The molecule has 0 spiro atoms. The van der Waals surface area contributed by atoms with E-state index in [1.807, 2.05) is 6.92 Å². The molecule has 29 heavy (non-hydrogen) atoms. The van der Waals surface area contributed by atoms with Crippen molar-refractivity contribution in [2.45, 2.75) is 89.4 Å². The van der Waals surface area contributed by atoms with Crippen molar-refractivity contribution in [2.24, 2.45) is 0 Å². The number of carbonyl (C=O) groups excluding carboxylic acids is 1. The number of aliphatic hydroxyl groups excluding tert-OH is 1. The zero-order valence-electron chi connectivity index (χ0n) is 18.2. The molecule has 0 aromatic heterocycles. The number of alkyl carbamates (subject to hydrolysis) is 1. The summed E-state index contributed by atoms with van der Waals surface area (Å²) in [6.45, 7) is 9.33. The van der Waals surface area contributed by atoms with E-state index in [2.05, 4.69) is 17.0 Å². The summed E-state index contributed by atoms with van der Waals surface area (Å²) in [5, 5.41) is 12.7. The summed E-state index contributed by atoms with van der Waals surface area (Å²) in [5.74, 6) is 0. The van der Waals surface area contributed by atoms with Crippen molar-refractivity contribution in [1.29, 1.82) is 0 Å². The maximum atomic E-state index is 12.7. The largest absolute Gasteiger partial charge is 0.444 e. The number of aliphatic hydroxyl groups is 1. The Kier molecular flexibility index (Phi) is 10.1. The molecule has 0 fully saturated rings. The lowest BCUT2D eigenvalue weighted by atomic mass is 10.1.